The standard InChI is InChI=1S/C25H26FN5O2/c1-27-23(32)21-22(31-15-25(30-24(31)33)12-2-3-13-25)29-20(28-21)14-16-4-6-17(7-5-16)18-8-10-19(26)11-9-18/h4-11H,2-3,12-15H2,1H3,(H,27,32)(H,28,29)(H,30,33). The minimum Gasteiger partial charge on any atom is -0.354 e. The van der Waals surface area contributed by atoms with Gasteiger partial charge in [-0.2, -0.15) is 0 Å². The van der Waals surface area contributed by atoms with Gasteiger partial charge in [-0.05, 0) is 41.7 Å². The van der Waals surface area contributed by atoms with Crippen LogP contribution in [0, 0.1) is 5.82 Å². The number of nitrogens with zero attached hydrogens (tertiary/aromatic N) is 2. The van der Waals surface area contributed by atoms with Crippen LogP contribution < -0.4 is 15.5 Å². The van der Waals surface area contributed by atoms with Gasteiger partial charge in [-0.15, -0.1) is 0 Å². The van der Waals surface area contributed by atoms with Gasteiger partial charge in [0, 0.05) is 13.5 Å². The predicted octanol–water partition coefficient (Wildman–Crippen LogP) is 4.01. The topological polar surface area (TPSA) is 90.1 Å². The van der Waals surface area contributed by atoms with E-state index in [1.54, 1.807) is 24.1 Å². The van der Waals surface area contributed by atoms with Crippen molar-refractivity contribution in [3.63, 3.8) is 0 Å². The van der Waals surface area contributed by atoms with Gasteiger partial charge < -0.3 is 15.6 Å². The summed E-state index contributed by atoms with van der Waals surface area (Å²) in [5.74, 6) is 0.406. The molecule has 1 spiro atoms. The highest BCUT2D eigenvalue weighted by Crippen LogP contribution is 2.36. The molecule has 1 aromatic heterocycles. The van der Waals surface area contributed by atoms with E-state index in [9.17, 15) is 14.0 Å². The van der Waals surface area contributed by atoms with Gasteiger partial charge in [0.15, 0.2) is 5.82 Å². The summed E-state index contributed by atoms with van der Waals surface area (Å²) >= 11 is 0. The van der Waals surface area contributed by atoms with Crippen LogP contribution in [0.3, 0.4) is 0 Å². The van der Waals surface area contributed by atoms with Crippen molar-refractivity contribution in [2.75, 3.05) is 18.5 Å². The minimum absolute atomic E-state index is 0.205. The number of rotatable bonds is 5. The molecule has 5 rings (SSSR count). The molecule has 8 heteroatoms. The fraction of sp³-hybridized carbons (Fsp3) is 0.320. The molecule has 2 heterocycles. The van der Waals surface area contributed by atoms with Crippen LogP contribution in [0.5, 0.6) is 0 Å². The number of halogens is 1. The molecule has 1 saturated carbocycles. The molecule has 170 valence electrons. The third-order valence-electron chi connectivity index (χ3n) is 6.59. The van der Waals surface area contributed by atoms with Crippen molar-refractivity contribution in [3.05, 3.63) is 71.4 Å². The molecule has 0 atom stereocenters. The van der Waals surface area contributed by atoms with Crippen molar-refractivity contribution in [1.82, 2.24) is 20.6 Å². The summed E-state index contributed by atoms with van der Waals surface area (Å²) in [5, 5.41) is 5.76. The first kappa shape index (κ1) is 21.2. The summed E-state index contributed by atoms with van der Waals surface area (Å²) in [5.41, 5.74) is 3.00. The Balaban J connectivity index is 1.39. The fourth-order valence-electron chi connectivity index (χ4n) is 4.84. The van der Waals surface area contributed by atoms with Crippen molar-refractivity contribution in [3.8, 4) is 11.1 Å². The Morgan fingerprint density at radius 2 is 1.73 bits per heavy atom. The van der Waals surface area contributed by atoms with E-state index >= 15 is 0 Å². The molecule has 0 radical (unpaired) electrons. The van der Waals surface area contributed by atoms with E-state index in [0.29, 0.717) is 30.3 Å². The highest BCUT2D eigenvalue weighted by molar-refractivity contribution is 6.03. The van der Waals surface area contributed by atoms with Gasteiger partial charge in [0.05, 0.1) is 12.1 Å². The lowest BCUT2D eigenvalue weighted by molar-refractivity contribution is 0.0959. The lowest BCUT2D eigenvalue weighted by atomic mass is 9.99. The number of anilines is 1. The van der Waals surface area contributed by atoms with Gasteiger partial charge in [-0.3, -0.25) is 9.69 Å². The third kappa shape index (κ3) is 4.08. The Bertz CT molecular complexity index is 1180. The Morgan fingerprint density at radius 3 is 2.36 bits per heavy atom. The molecule has 0 bridgehead atoms. The average molecular weight is 448 g/mol. The number of amides is 3. The number of aromatic nitrogens is 2. The average Bonchev–Trinajstić information content (AvgIpc) is 3.53. The maximum absolute atomic E-state index is 13.2. The molecular formula is C25H26FN5O2. The molecule has 3 aromatic rings. The number of carbonyl (C=O) groups is 2. The predicted molar refractivity (Wildman–Crippen MR) is 124 cm³/mol. The summed E-state index contributed by atoms with van der Waals surface area (Å²) in [6.07, 6.45) is 4.56. The van der Waals surface area contributed by atoms with Crippen molar-refractivity contribution in [1.29, 1.82) is 0 Å². The van der Waals surface area contributed by atoms with Gasteiger partial charge in [-0.25, -0.2) is 14.2 Å². The SMILES string of the molecule is CNC(=O)c1[nH]c(Cc2ccc(-c3ccc(F)cc3)cc2)nc1N1CC2(CCCC2)NC1=O. The maximum atomic E-state index is 13.2. The second-order valence-electron chi connectivity index (χ2n) is 8.85. The van der Waals surface area contributed by atoms with Gasteiger partial charge in [0.25, 0.3) is 5.91 Å². The number of nitrogens with one attached hydrogen (secondary N) is 3. The van der Waals surface area contributed by atoms with Crippen LogP contribution in [0.4, 0.5) is 15.0 Å². The second kappa shape index (κ2) is 8.35. The van der Waals surface area contributed by atoms with Gasteiger partial charge >= 0.3 is 6.03 Å². The molecule has 1 aliphatic carbocycles. The lowest BCUT2D eigenvalue weighted by Crippen LogP contribution is -2.40. The van der Waals surface area contributed by atoms with E-state index < -0.39 is 0 Å². The molecule has 2 aromatic carbocycles. The van der Waals surface area contributed by atoms with E-state index in [-0.39, 0.29) is 23.3 Å². The minimum atomic E-state index is -0.310. The molecule has 1 saturated heterocycles. The van der Waals surface area contributed by atoms with Crippen LogP contribution in [-0.2, 0) is 6.42 Å². The Hall–Kier alpha value is -3.68. The highest BCUT2D eigenvalue weighted by Gasteiger charge is 2.46. The first-order chi connectivity index (χ1) is 16.0. The molecule has 2 aliphatic rings. The fourth-order valence-corrected chi connectivity index (χ4v) is 4.84. The molecule has 7 nitrogen and oxygen atoms in total. The smallest absolute Gasteiger partial charge is 0.323 e. The highest BCUT2D eigenvalue weighted by atomic mass is 19.1. The quantitative estimate of drug-likeness (QED) is 0.552. The Morgan fingerprint density at radius 1 is 1.09 bits per heavy atom. The molecule has 0 unspecified atom stereocenters. The van der Waals surface area contributed by atoms with Crippen LogP contribution in [0.2, 0.25) is 0 Å². The second-order valence-corrected chi connectivity index (χ2v) is 8.85. The zero-order valence-corrected chi connectivity index (χ0v) is 18.5. The van der Waals surface area contributed by atoms with Crippen molar-refractivity contribution >= 4 is 17.8 Å². The Labute approximate surface area is 191 Å². The van der Waals surface area contributed by atoms with E-state index in [2.05, 4.69) is 20.6 Å². The summed E-state index contributed by atoms with van der Waals surface area (Å²) in [4.78, 5) is 34.7. The number of hydrogen-bond donors (Lipinski definition) is 3. The zero-order chi connectivity index (χ0) is 23.0. The van der Waals surface area contributed by atoms with Crippen LogP contribution in [-0.4, -0.2) is 41.0 Å². The largest absolute Gasteiger partial charge is 0.354 e. The first-order valence-corrected chi connectivity index (χ1v) is 11.2. The number of aromatic amines is 1. The monoisotopic (exact) mass is 447 g/mol. The number of urea groups is 1. The van der Waals surface area contributed by atoms with E-state index in [0.717, 1.165) is 42.4 Å². The number of benzene rings is 2. The van der Waals surface area contributed by atoms with Crippen molar-refractivity contribution in [2.24, 2.45) is 0 Å². The maximum Gasteiger partial charge on any atom is 0.323 e. The summed E-state index contributed by atoms with van der Waals surface area (Å²) in [6, 6.07) is 14.1. The van der Waals surface area contributed by atoms with E-state index in [1.807, 2.05) is 24.3 Å². The number of H-pyrrole nitrogens is 1. The number of hydrogen-bond acceptors (Lipinski definition) is 3. The molecular weight excluding hydrogens is 421 g/mol. The normalized spacial score (nSPS) is 16.9. The van der Waals surface area contributed by atoms with Crippen LogP contribution in [0.1, 0.15) is 47.6 Å². The molecule has 3 amide bonds. The zero-order valence-electron chi connectivity index (χ0n) is 18.5. The summed E-state index contributed by atoms with van der Waals surface area (Å²) in [7, 11) is 1.56. The lowest BCUT2D eigenvalue weighted by Gasteiger charge is -2.21. The molecule has 3 N–H and O–H groups in total. The van der Waals surface area contributed by atoms with E-state index in [4.69, 9.17) is 0 Å². The first-order valence-electron chi connectivity index (χ1n) is 11.2. The van der Waals surface area contributed by atoms with Crippen molar-refractivity contribution < 1.29 is 14.0 Å². The summed E-state index contributed by atoms with van der Waals surface area (Å²) in [6.45, 7) is 0.520. The van der Waals surface area contributed by atoms with E-state index in [1.165, 1.54) is 12.1 Å². The molecule has 2 fully saturated rings. The van der Waals surface area contributed by atoms with Crippen LogP contribution in [0.25, 0.3) is 11.1 Å². The Kier molecular flexibility index (Phi) is 5.36. The number of imidazole rings is 1. The summed E-state index contributed by atoms with van der Waals surface area (Å²) < 4.78 is 13.2. The van der Waals surface area contributed by atoms with Gasteiger partial charge in [0.1, 0.15) is 17.3 Å². The molecule has 33 heavy (non-hydrogen) atoms. The van der Waals surface area contributed by atoms with Crippen molar-refractivity contribution in [2.45, 2.75) is 37.6 Å². The van der Waals surface area contributed by atoms with Gasteiger partial charge in [-0.1, -0.05) is 49.2 Å². The third-order valence-corrected chi connectivity index (χ3v) is 6.59. The molecule has 1 aliphatic heterocycles. The number of carbonyl (C=O) groups excluding carboxylic acids is 2. The van der Waals surface area contributed by atoms with Gasteiger partial charge in [0.2, 0.25) is 0 Å². The van der Waals surface area contributed by atoms with Crippen LogP contribution >= 0.6 is 0 Å². The van der Waals surface area contributed by atoms with Crippen LogP contribution in [0.15, 0.2) is 48.5 Å².